The lowest BCUT2D eigenvalue weighted by Crippen LogP contribution is -2.44. The lowest BCUT2D eigenvalue weighted by atomic mass is 9.98. The highest BCUT2D eigenvalue weighted by molar-refractivity contribution is 5.97. The maximum Gasteiger partial charge on any atom is 0.252 e. The minimum atomic E-state index is -0.387. The summed E-state index contributed by atoms with van der Waals surface area (Å²) in [5, 5.41) is 7.42. The Kier molecular flexibility index (Phi) is 8.13. The fourth-order valence-corrected chi connectivity index (χ4v) is 4.60. The SMILES string of the molecule is COc1cc(-c2cnn(C)c2)cc([C@@H](C)NC(=O)c2cc(N3CCN(C)CC3)ccc2CCC(N)=O)c1. The Balaban J connectivity index is 1.60. The molecular weight excluding hydrogens is 468 g/mol. The first kappa shape index (κ1) is 26.2. The number of nitrogens with two attached hydrogens (primary N) is 1. The van der Waals surface area contributed by atoms with Crippen LogP contribution in [-0.2, 0) is 18.3 Å². The van der Waals surface area contributed by atoms with Gasteiger partial charge in [-0.25, -0.2) is 0 Å². The van der Waals surface area contributed by atoms with Gasteiger partial charge in [-0.3, -0.25) is 14.3 Å². The molecule has 2 amide bonds. The van der Waals surface area contributed by atoms with E-state index < -0.39 is 0 Å². The van der Waals surface area contributed by atoms with Crippen LogP contribution in [0.25, 0.3) is 11.1 Å². The minimum Gasteiger partial charge on any atom is -0.497 e. The molecule has 0 spiro atoms. The van der Waals surface area contributed by atoms with Gasteiger partial charge >= 0.3 is 0 Å². The van der Waals surface area contributed by atoms with Crippen molar-refractivity contribution in [3.8, 4) is 16.9 Å². The summed E-state index contributed by atoms with van der Waals surface area (Å²) in [5.74, 6) is 0.132. The second kappa shape index (κ2) is 11.5. The molecule has 2 aromatic carbocycles. The molecule has 0 saturated carbocycles. The summed E-state index contributed by atoms with van der Waals surface area (Å²) in [7, 11) is 5.62. The predicted octanol–water partition coefficient (Wildman–Crippen LogP) is 2.76. The lowest BCUT2D eigenvalue weighted by Gasteiger charge is -2.34. The van der Waals surface area contributed by atoms with Crippen LogP contribution in [0.15, 0.2) is 48.8 Å². The Morgan fingerprint density at radius 1 is 1.08 bits per heavy atom. The zero-order chi connectivity index (χ0) is 26.5. The molecule has 1 atom stereocenters. The molecule has 3 aromatic rings. The van der Waals surface area contributed by atoms with E-state index in [2.05, 4.69) is 27.3 Å². The van der Waals surface area contributed by atoms with Crippen LogP contribution in [0.5, 0.6) is 5.75 Å². The molecule has 0 radical (unpaired) electrons. The molecule has 1 aliphatic rings. The number of likely N-dealkylation sites (N-methyl/N-ethyl adjacent to an activating group) is 1. The standard InChI is InChI=1S/C28H36N6O3/c1-19(21-13-22(15-25(14-21)37-4)23-17-30-33(3)18-23)31-28(36)26-16-24(34-11-9-32(2)10-12-34)7-5-20(26)6-8-27(29)35/h5,7,13-19H,6,8-12H2,1-4H3,(H2,29,35)(H,31,36)/t19-/m1/s1. The number of hydrogen-bond donors (Lipinski definition) is 2. The van der Waals surface area contributed by atoms with Crippen LogP contribution in [-0.4, -0.2) is 66.8 Å². The number of piperazine rings is 1. The number of ether oxygens (including phenoxy) is 1. The molecule has 1 aliphatic heterocycles. The summed E-state index contributed by atoms with van der Waals surface area (Å²) in [4.78, 5) is 29.6. The molecule has 37 heavy (non-hydrogen) atoms. The summed E-state index contributed by atoms with van der Waals surface area (Å²) in [5.41, 5.74) is 10.6. The van der Waals surface area contributed by atoms with E-state index in [0.29, 0.717) is 17.7 Å². The highest BCUT2D eigenvalue weighted by Gasteiger charge is 2.20. The third-order valence-corrected chi connectivity index (χ3v) is 6.90. The van der Waals surface area contributed by atoms with Gasteiger partial charge in [0.25, 0.3) is 5.91 Å². The monoisotopic (exact) mass is 504 g/mol. The Bertz CT molecular complexity index is 1260. The number of aryl methyl sites for hydroxylation is 2. The third kappa shape index (κ3) is 6.48. The third-order valence-electron chi connectivity index (χ3n) is 6.90. The largest absolute Gasteiger partial charge is 0.497 e. The zero-order valence-corrected chi connectivity index (χ0v) is 22.0. The number of methoxy groups -OCH3 is 1. The van der Waals surface area contributed by atoms with Gasteiger partial charge in [0, 0.05) is 62.7 Å². The summed E-state index contributed by atoms with van der Waals surface area (Å²) in [6, 6.07) is 11.6. The number of rotatable bonds is 9. The molecule has 196 valence electrons. The fraction of sp³-hybridized carbons (Fsp3) is 0.393. The van der Waals surface area contributed by atoms with Crippen LogP contribution < -0.4 is 20.7 Å². The topological polar surface area (TPSA) is 106 Å². The molecular formula is C28H36N6O3. The Morgan fingerprint density at radius 2 is 1.84 bits per heavy atom. The molecule has 9 nitrogen and oxygen atoms in total. The van der Waals surface area contributed by atoms with Crippen molar-refractivity contribution >= 4 is 17.5 Å². The molecule has 0 unspecified atom stereocenters. The lowest BCUT2D eigenvalue weighted by molar-refractivity contribution is -0.118. The van der Waals surface area contributed by atoms with Crippen LogP contribution in [0.4, 0.5) is 5.69 Å². The smallest absolute Gasteiger partial charge is 0.252 e. The van der Waals surface area contributed by atoms with E-state index in [9.17, 15) is 9.59 Å². The van der Waals surface area contributed by atoms with Gasteiger partial charge in [0.2, 0.25) is 5.91 Å². The number of nitrogens with one attached hydrogen (secondary N) is 1. The van der Waals surface area contributed by atoms with Crippen LogP contribution in [0.2, 0.25) is 0 Å². The Labute approximate surface area is 218 Å². The number of amides is 2. The second-order valence-corrected chi connectivity index (χ2v) is 9.69. The summed E-state index contributed by atoms with van der Waals surface area (Å²) < 4.78 is 7.29. The van der Waals surface area contributed by atoms with Crippen molar-refractivity contribution in [2.24, 2.45) is 12.8 Å². The number of aromatic nitrogens is 2. The first-order chi connectivity index (χ1) is 17.7. The molecule has 1 saturated heterocycles. The molecule has 2 heterocycles. The van der Waals surface area contributed by atoms with Crippen LogP contribution in [0, 0.1) is 0 Å². The molecule has 4 rings (SSSR count). The van der Waals surface area contributed by atoms with E-state index in [0.717, 1.165) is 54.1 Å². The van der Waals surface area contributed by atoms with E-state index in [1.54, 1.807) is 18.0 Å². The number of hydrogen-bond acceptors (Lipinski definition) is 6. The quantitative estimate of drug-likeness (QED) is 0.464. The van der Waals surface area contributed by atoms with Crippen molar-refractivity contribution in [3.05, 3.63) is 65.5 Å². The van der Waals surface area contributed by atoms with Crippen molar-refractivity contribution in [1.82, 2.24) is 20.0 Å². The van der Waals surface area contributed by atoms with Gasteiger partial charge in [-0.15, -0.1) is 0 Å². The van der Waals surface area contributed by atoms with E-state index in [1.807, 2.05) is 56.6 Å². The Morgan fingerprint density at radius 3 is 2.49 bits per heavy atom. The number of nitrogens with zero attached hydrogens (tertiary/aromatic N) is 4. The van der Waals surface area contributed by atoms with Crippen molar-refractivity contribution in [2.75, 3.05) is 45.2 Å². The van der Waals surface area contributed by atoms with Gasteiger partial charge in [-0.05, 0) is 67.4 Å². The van der Waals surface area contributed by atoms with E-state index >= 15 is 0 Å². The number of benzene rings is 2. The van der Waals surface area contributed by atoms with Crippen LogP contribution >= 0.6 is 0 Å². The van der Waals surface area contributed by atoms with Crippen molar-refractivity contribution in [3.63, 3.8) is 0 Å². The average molecular weight is 505 g/mol. The first-order valence-electron chi connectivity index (χ1n) is 12.6. The van der Waals surface area contributed by atoms with E-state index in [4.69, 9.17) is 10.5 Å². The first-order valence-corrected chi connectivity index (χ1v) is 12.6. The van der Waals surface area contributed by atoms with Crippen molar-refractivity contribution < 1.29 is 14.3 Å². The summed E-state index contributed by atoms with van der Waals surface area (Å²) in [6.45, 7) is 5.69. The zero-order valence-electron chi connectivity index (χ0n) is 22.0. The van der Waals surface area contributed by atoms with Gasteiger partial charge in [-0.2, -0.15) is 5.10 Å². The van der Waals surface area contributed by atoms with Gasteiger partial charge in [0.15, 0.2) is 0 Å². The van der Waals surface area contributed by atoms with E-state index in [1.165, 1.54) is 0 Å². The summed E-state index contributed by atoms with van der Waals surface area (Å²) in [6.07, 6.45) is 4.35. The highest BCUT2D eigenvalue weighted by atomic mass is 16.5. The average Bonchev–Trinajstić information content (AvgIpc) is 3.33. The highest BCUT2D eigenvalue weighted by Crippen LogP contribution is 2.29. The van der Waals surface area contributed by atoms with Crippen molar-refractivity contribution in [2.45, 2.75) is 25.8 Å². The summed E-state index contributed by atoms with van der Waals surface area (Å²) >= 11 is 0. The number of anilines is 1. The Hall–Kier alpha value is -3.85. The van der Waals surface area contributed by atoms with Gasteiger partial charge in [0.05, 0.1) is 19.3 Å². The minimum absolute atomic E-state index is 0.186. The van der Waals surface area contributed by atoms with E-state index in [-0.39, 0.29) is 24.3 Å². The van der Waals surface area contributed by atoms with Crippen LogP contribution in [0.3, 0.4) is 0 Å². The van der Waals surface area contributed by atoms with Crippen LogP contribution in [0.1, 0.15) is 40.9 Å². The second-order valence-electron chi connectivity index (χ2n) is 9.69. The van der Waals surface area contributed by atoms with Gasteiger partial charge in [0.1, 0.15) is 5.75 Å². The molecule has 1 aromatic heterocycles. The molecule has 0 bridgehead atoms. The van der Waals surface area contributed by atoms with Gasteiger partial charge < -0.3 is 25.6 Å². The maximum atomic E-state index is 13.6. The number of carbonyl (C=O) groups excluding carboxylic acids is 2. The normalized spacial score (nSPS) is 14.9. The van der Waals surface area contributed by atoms with Gasteiger partial charge in [-0.1, -0.05) is 6.07 Å². The molecule has 0 aliphatic carbocycles. The molecule has 3 N–H and O–H groups in total. The maximum absolute atomic E-state index is 13.6. The molecule has 9 heteroatoms. The fourth-order valence-electron chi connectivity index (χ4n) is 4.60. The molecule has 1 fully saturated rings. The number of carbonyl (C=O) groups is 2. The predicted molar refractivity (Wildman–Crippen MR) is 145 cm³/mol. The van der Waals surface area contributed by atoms with Crippen molar-refractivity contribution in [1.29, 1.82) is 0 Å². The number of primary amides is 1.